The first-order chi connectivity index (χ1) is 7.41. The van der Waals surface area contributed by atoms with Gasteiger partial charge in [0.15, 0.2) is 0 Å². The SMILES string of the molecule is CC[Si](CC)(CC)N(CC(C)C)CC(C)C. The van der Waals surface area contributed by atoms with Gasteiger partial charge in [0, 0.05) is 0 Å². The minimum Gasteiger partial charge on any atom is -0.323 e. The second-order valence-electron chi connectivity index (χ2n) is 5.98. The fourth-order valence-corrected chi connectivity index (χ4v) is 7.11. The van der Waals surface area contributed by atoms with E-state index in [1.54, 1.807) is 0 Å². The zero-order valence-electron chi connectivity index (χ0n) is 12.6. The van der Waals surface area contributed by atoms with Crippen LogP contribution in [0, 0.1) is 11.8 Å². The molecule has 2 heteroatoms. The van der Waals surface area contributed by atoms with E-state index in [1.165, 1.54) is 31.2 Å². The van der Waals surface area contributed by atoms with Crippen molar-refractivity contribution in [2.24, 2.45) is 11.8 Å². The smallest absolute Gasteiger partial charge is 0.127 e. The van der Waals surface area contributed by atoms with Crippen LogP contribution in [0.15, 0.2) is 0 Å². The third-order valence-electron chi connectivity index (χ3n) is 3.82. The molecule has 0 aliphatic heterocycles. The summed E-state index contributed by atoms with van der Waals surface area (Å²) < 4.78 is 2.89. The molecule has 0 aromatic heterocycles. The van der Waals surface area contributed by atoms with Crippen LogP contribution in [0.25, 0.3) is 0 Å². The van der Waals surface area contributed by atoms with E-state index < -0.39 is 8.24 Å². The van der Waals surface area contributed by atoms with Crippen LogP contribution in [0.5, 0.6) is 0 Å². The zero-order valence-corrected chi connectivity index (χ0v) is 13.6. The van der Waals surface area contributed by atoms with E-state index in [0.717, 1.165) is 11.8 Å². The molecule has 0 radical (unpaired) electrons. The van der Waals surface area contributed by atoms with Gasteiger partial charge < -0.3 is 4.57 Å². The van der Waals surface area contributed by atoms with Crippen molar-refractivity contribution in [1.29, 1.82) is 0 Å². The normalized spacial score (nSPS) is 13.1. The van der Waals surface area contributed by atoms with E-state index in [9.17, 15) is 0 Å². The Morgan fingerprint density at radius 2 is 1.06 bits per heavy atom. The molecule has 16 heavy (non-hydrogen) atoms. The van der Waals surface area contributed by atoms with Crippen LogP contribution in [-0.4, -0.2) is 25.9 Å². The molecule has 0 aliphatic rings. The summed E-state index contributed by atoms with van der Waals surface area (Å²) in [5.74, 6) is 1.60. The van der Waals surface area contributed by atoms with Gasteiger partial charge in [-0.25, -0.2) is 0 Å². The molecule has 0 aliphatic carbocycles. The Morgan fingerprint density at radius 1 is 0.750 bits per heavy atom. The zero-order chi connectivity index (χ0) is 12.8. The lowest BCUT2D eigenvalue weighted by atomic mass is 10.2. The quantitative estimate of drug-likeness (QED) is 0.563. The molecular weight excluding hydrogens is 210 g/mol. The highest BCUT2D eigenvalue weighted by atomic mass is 28.3. The maximum absolute atomic E-state index is 2.89. The minimum atomic E-state index is -1.14. The van der Waals surface area contributed by atoms with Crippen LogP contribution in [0.2, 0.25) is 18.1 Å². The van der Waals surface area contributed by atoms with Gasteiger partial charge in [-0.05, 0) is 43.1 Å². The first-order valence-corrected chi connectivity index (χ1v) is 9.73. The summed E-state index contributed by atoms with van der Waals surface area (Å²) in [5, 5.41) is 0. The van der Waals surface area contributed by atoms with Crippen molar-refractivity contribution >= 4 is 8.24 Å². The fourth-order valence-electron chi connectivity index (χ4n) is 2.76. The highest BCUT2D eigenvalue weighted by molar-refractivity contribution is 6.77. The predicted molar refractivity (Wildman–Crippen MR) is 78.4 cm³/mol. The van der Waals surface area contributed by atoms with E-state index in [-0.39, 0.29) is 0 Å². The molecule has 0 heterocycles. The number of hydrogen-bond acceptors (Lipinski definition) is 1. The van der Waals surface area contributed by atoms with E-state index >= 15 is 0 Å². The highest BCUT2D eigenvalue weighted by Crippen LogP contribution is 2.26. The molecule has 0 N–H and O–H groups in total. The summed E-state index contributed by atoms with van der Waals surface area (Å²) in [6, 6.07) is 4.25. The molecule has 0 aromatic carbocycles. The van der Waals surface area contributed by atoms with Crippen molar-refractivity contribution < 1.29 is 0 Å². The van der Waals surface area contributed by atoms with Gasteiger partial charge in [-0.1, -0.05) is 48.5 Å². The predicted octanol–water partition coefficient (Wildman–Crippen LogP) is 4.61. The van der Waals surface area contributed by atoms with E-state index in [1.807, 2.05) is 0 Å². The minimum absolute atomic E-state index is 0.801. The molecule has 0 fully saturated rings. The van der Waals surface area contributed by atoms with E-state index in [0.29, 0.717) is 0 Å². The van der Waals surface area contributed by atoms with Gasteiger partial charge in [0.2, 0.25) is 0 Å². The van der Waals surface area contributed by atoms with E-state index in [4.69, 9.17) is 0 Å². The molecular formula is C14H33NSi. The third-order valence-corrected chi connectivity index (χ3v) is 9.47. The summed E-state index contributed by atoms with van der Waals surface area (Å²) in [5.41, 5.74) is 0. The average molecular weight is 244 g/mol. The van der Waals surface area contributed by atoms with Gasteiger partial charge in [0.05, 0.1) is 0 Å². The molecule has 0 unspecified atom stereocenters. The Bertz CT molecular complexity index is 155. The molecule has 0 saturated heterocycles. The van der Waals surface area contributed by atoms with Gasteiger partial charge in [0.1, 0.15) is 8.24 Å². The Labute approximate surface area is 105 Å². The second kappa shape index (κ2) is 7.49. The lowest BCUT2D eigenvalue weighted by molar-refractivity contribution is 0.324. The maximum atomic E-state index is 2.89. The Balaban J connectivity index is 4.80. The first-order valence-electron chi connectivity index (χ1n) is 7.16. The highest BCUT2D eigenvalue weighted by Gasteiger charge is 2.34. The van der Waals surface area contributed by atoms with Crippen LogP contribution < -0.4 is 0 Å². The summed E-state index contributed by atoms with van der Waals surface area (Å²) in [4.78, 5) is 0. The molecule has 0 spiro atoms. The molecule has 0 rings (SSSR count). The van der Waals surface area contributed by atoms with Crippen molar-refractivity contribution in [3.63, 3.8) is 0 Å². The van der Waals surface area contributed by atoms with Crippen molar-refractivity contribution in [2.45, 2.75) is 66.6 Å². The monoisotopic (exact) mass is 243 g/mol. The molecule has 1 nitrogen and oxygen atoms in total. The van der Waals surface area contributed by atoms with Gasteiger partial charge in [-0.3, -0.25) is 0 Å². The van der Waals surface area contributed by atoms with Crippen molar-refractivity contribution in [2.75, 3.05) is 13.1 Å². The maximum Gasteiger partial charge on any atom is 0.127 e. The summed E-state index contributed by atoms with van der Waals surface area (Å²) in [6.45, 7) is 19.3. The average Bonchev–Trinajstić information content (AvgIpc) is 2.19. The Morgan fingerprint density at radius 3 is 1.25 bits per heavy atom. The number of nitrogens with zero attached hydrogens (tertiary/aromatic N) is 1. The molecule has 0 aromatic rings. The number of hydrogen-bond donors (Lipinski definition) is 0. The van der Waals surface area contributed by atoms with Gasteiger partial charge in [-0.2, -0.15) is 0 Å². The lowest BCUT2D eigenvalue weighted by Crippen LogP contribution is -2.54. The molecule has 0 atom stereocenters. The van der Waals surface area contributed by atoms with Crippen LogP contribution in [-0.2, 0) is 0 Å². The topological polar surface area (TPSA) is 3.24 Å². The van der Waals surface area contributed by atoms with Crippen LogP contribution in [0.3, 0.4) is 0 Å². The fraction of sp³-hybridized carbons (Fsp3) is 1.00. The molecule has 0 saturated carbocycles. The Kier molecular flexibility index (Phi) is 7.58. The third kappa shape index (κ3) is 4.58. The van der Waals surface area contributed by atoms with Crippen LogP contribution >= 0.6 is 0 Å². The Hall–Kier alpha value is 0.177. The van der Waals surface area contributed by atoms with Crippen molar-refractivity contribution in [3.05, 3.63) is 0 Å². The second-order valence-corrected chi connectivity index (χ2v) is 11.2. The van der Waals surface area contributed by atoms with Gasteiger partial charge >= 0.3 is 0 Å². The number of rotatable bonds is 8. The van der Waals surface area contributed by atoms with Crippen molar-refractivity contribution in [3.8, 4) is 0 Å². The summed E-state index contributed by atoms with van der Waals surface area (Å²) in [7, 11) is -1.14. The van der Waals surface area contributed by atoms with Gasteiger partial charge in [0.25, 0.3) is 0 Å². The van der Waals surface area contributed by atoms with Crippen molar-refractivity contribution in [1.82, 2.24) is 4.57 Å². The van der Waals surface area contributed by atoms with Crippen LogP contribution in [0.4, 0.5) is 0 Å². The van der Waals surface area contributed by atoms with Crippen LogP contribution in [0.1, 0.15) is 48.5 Å². The summed E-state index contributed by atoms with van der Waals surface area (Å²) >= 11 is 0. The first kappa shape index (κ1) is 16.2. The summed E-state index contributed by atoms with van der Waals surface area (Å²) in [6.07, 6.45) is 0. The molecule has 0 amide bonds. The molecule has 0 bridgehead atoms. The lowest BCUT2D eigenvalue weighted by Gasteiger charge is -2.43. The van der Waals surface area contributed by atoms with Gasteiger partial charge in [-0.15, -0.1) is 0 Å². The standard InChI is InChI=1S/C14H33NSi/c1-8-16(9-2,10-3)15(11-13(4)5)12-14(6)7/h13-14H,8-12H2,1-7H3. The molecule has 98 valence electrons. The largest absolute Gasteiger partial charge is 0.323 e. The van der Waals surface area contributed by atoms with E-state index in [2.05, 4.69) is 53.0 Å².